The number of nitrogens with one attached hydrogen (secondary N) is 1. The summed E-state index contributed by atoms with van der Waals surface area (Å²) < 4.78 is 44.4. The van der Waals surface area contributed by atoms with Gasteiger partial charge < -0.3 is 10.2 Å². The van der Waals surface area contributed by atoms with Gasteiger partial charge in [0.15, 0.2) is 5.78 Å². The molecule has 0 fully saturated rings. The highest BCUT2D eigenvalue weighted by Crippen LogP contribution is 2.52. The van der Waals surface area contributed by atoms with E-state index in [2.05, 4.69) is 4.98 Å². The predicted molar refractivity (Wildman–Crippen MR) is 117 cm³/mol. The van der Waals surface area contributed by atoms with Crippen LogP contribution in [0.1, 0.15) is 48.2 Å². The maximum atomic E-state index is 14.8. The van der Waals surface area contributed by atoms with Crippen molar-refractivity contribution in [1.82, 2.24) is 15.2 Å². The number of allylic oxidation sites excluding steroid dienone is 1. The standard InChI is InChI=1S/C25H24F3N3O3/c1-15-6-4-8-17(10-15)21(33)30-24(25(26,27)28)20-18(11-23(2,3)12-19(20)32)31(22(24)34)14-16-7-5-9-29-13-16/h4-10,13H,11-12,14H2,1-3H3,(H,30,33). The Labute approximate surface area is 194 Å². The van der Waals surface area contributed by atoms with Crippen molar-refractivity contribution in [1.29, 1.82) is 0 Å². The molecule has 34 heavy (non-hydrogen) atoms. The van der Waals surface area contributed by atoms with Gasteiger partial charge >= 0.3 is 6.18 Å². The summed E-state index contributed by atoms with van der Waals surface area (Å²) in [6, 6.07) is 9.26. The van der Waals surface area contributed by atoms with E-state index < -0.39 is 40.3 Å². The molecule has 2 aromatic rings. The highest BCUT2D eigenvalue weighted by atomic mass is 19.4. The lowest BCUT2D eigenvalue weighted by Crippen LogP contribution is -2.66. The Kier molecular flexibility index (Phi) is 5.62. The van der Waals surface area contributed by atoms with Gasteiger partial charge in [0.25, 0.3) is 11.8 Å². The van der Waals surface area contributed by atoms with Crippen LogP contribution in [0.5, 0.6) is 0 Å². The van der Waals surface area contributed by atoms with E-state index in [0.29, 0.717) is 11.1 Å². The average Bonchev–Trinajstić information content (AvgIpc) is 2.97. The minimum Gasteiger partial charge on any atom is -0.326 e. The van der Waals surface area contributed by atoms with E-state index in [9.17, 15) is 27.6 Å². The summed E-state index contributed by atoms with van der Waals surface area (Å²) >= 11 is 0. The minimum absolute atomic E-state index is 0.00281. The molecule has 1 N–H and O–H groups in total. The number of carbonyl (C=O) groups excluding carboxylic acids is 3. The summed E-state index contributed by atoms with van der Waals surface area (Å²) in [6.07, 6.45) is -2.38. The van der Waals surface area contributed by atoms with Crippen LogP contribution in [0, 0.1) is 12.3 Å². The monoisotopic (exact) mass is 471 g/mol. The summed E-state index contributed by atoms with van der Waals surface area (Å²) in [4.78, 5) is 44.7. The molecule has 2 amide bonds. The van der Waals surface area contributed by atoms with Gasteiger partial charge in [-0.05, 0) is 42.5 Å². The first-order valence-electron chi connectivity index (χ1n) is 10.8. The number of halogens is 3. The molecule has 0 bridgehead atoms. The van der Waals surface area contributed by atoms with E-state index in [-0.39, 0.29) is 30.6 Å². The first-order chi connectivity index (χ1) is 15.9. The van der Waals surface area contributed by atoms with Gasteiger partial charge in [-0.25, -0.2) is 0 Å². The maximum absolute atomic E-state index is 14.8. The second-order valence-electron chi connectivity index (χ2n) is 9.59. The van der Waals surface area contributed by atoms with Crippen molar-refractivity contribution < 1.29 is 27.6 Å². The molecule has 1 aromatic carbocycles. The number of ketones is 1. The van der Waals surface area contributed by atoms with Crippen molar-refractivity contribution in [3.8, 4) is 0 Å². The maximum Gasteiger partial charge on any atom is 0.425 e. The van der Waals surface area contributed by atoms with Crippen LogP contribution in [0.15, 0.2) is 60.1 Å². The van der Waals surface area contributed by atoms with Gasteiger partial charge in [-0.1, -0.05) is 37.6 Å². The number of hydrogen-bond acceptors (Lipinski definition) is 4. The topological polar surface area (TPSA) is 79.4 Å². The molecule has 178 valence electrons. The molecule has 2 heterocycles. The smallest absolute Gasteiger partial charge is 0.326 e. The molecule has 0 radical (unpaired) electrons. The van der Waals surface area contributed by atoms with Crippen LogP contribution in [0.25, 0.3) is 0 Å². The number of nitrogens with zero attached hydrogens (tertiary/aromatic N) is 2. The number of carbonyl (C=O) groups is 3. The number of hydrogen-bond donors (Lipinski definition) is 1. The van der Waals surface area contributed by atoms with Crippen molar-refractivity contribution in [2.75, 3.05) is 0 Å². The molecule has 1 atom stereocenters. The zero-order chi connectivity index (χ0) is 24.9. The molecule has 0 spiro atoms. The second kappa shape index (κ2) is 8.07. The largest absolute Gasteiger partial charge is 0.425 e. The number of pyridine rings is 1. The number of Topliss-reactive ketones (excluding diaryl/α,β-unsaturated/α-hetero) is 1. The molecule has 1 aliphatic carbocycles. The highest BCUT2D eigenvalue weighted by Gasteiger charge is 2.71. The molecule has 0 saturated heterocycles. The van der Waals surface area contributed by atoms with Crippen molar-refractivity contribution in [2.24, 2.45) is 5.41 Å². The zero-order valence-corrected chi connectivity index (χ0v) is 19.0. The summed E-state index contributed by atoms with van der Waals surface area (Å²) in [5, 5.41) is 1.95. The fraction of sp³-hybridized carbons (Fsp3) is 0.360. The average molecular weight is 471 g/mol. The molecular weight excluding hydrogens is 447 g/mol. The van der Waals surface area contributed by atoms with Gasteiger partial charge in [-0.15, -0.1) is 0 Å². The number of rotatable bonds is 4. The van der Waals surface area contributed by atoms with Gasteiger partial charge in [0.2, 0.25) is 5.54 Å². The zero-order valence-electron chi connectivity index (χ0n) is 19.0. The Hall–Kier alpha value is -3.49. The normalized spacial score (nSPS) is 22.1. The van der Waals surface area contributed by atoms with Crippen molar-refractivity contribution in [2.45, 2.75) is 51.9 Å². The lowest BCUT2D eigenvalue weighted by Gasteiger charge is -2.35. The van der Waals surface area contributed by atoms with E-state index in [0.717, 1.165) is 4.90 Å². The Morgan fingerprint density at radius 1 is 1.15 bits per heavy atom. The van der Waals surface area contributed by atoms with Crippen LogP contribution < -0.4 is 5.32 Å². The third kappa shape index (κ3) is 3.89. The molecule has 4 rings (SSSR count). The SMILES string of the molecule is Cc1cccc(C(=O)NC2(C(F)(F)F)C(=O)N(Cc3cccnc3)C3=C2C(=O)CC(C)(C)C3)c1. The minimum atomic E-state index is -5.25. The van der Waals surface area contributed by atoms with Crippen LogP contribution in [0.2, 0.25) is 0 Å². The van der Waals surface area contributed by atoms with Crippen LogP contribution in [-0.2, 0) is 16.1 Å². The molecule has 0 saturated carbocycles. The fourth-order valence-electron chi connectivity index (χ4n) is 4.70. The fourth-order valence-corrected chi connectivity index (χ4v) is 4.70. The van der Waals surface area contributed by atoms with Crippen LogP contribution >= 0.6 is 0 Å². The summed E-state index contributed by atoms with van der Waals surface area (Å²) in [7, 11) is 0. The number of amides is 2. The highest BCUT2D eigenvalue weighted by molar-refractivity contribution is 6.14. The number of aryl methyl sites for hydroxylation is 1. The van der Waals surface area contributed by atoms with E-state index in [1.165, 1.54) is 30.6 Å². The molecule has 1 aliphatic heterocycles. The number of aromatic nitrogens is 1. The molecular formula is C25H24F3N3O3. The summed E-state index contributed by atoms with van der Waals surface area (Å²) in [5.74, 6) is -3.27. The predicted octanol–water partition coefficient (Wildman–Crippen LogP) is 4.11. The van der Waals surface area contributed by atoms with E-state index >= 15 is 0 Å². The molecule has 9 heteroatoms. The summed E-state index contributed by atoms with van der Waals surface area (Å²) in [5.41, 5.74) is -3.66. The van der Waals surface area contributed by atoms with Crippen LogP contribution in [-0.4, -0.2) is 39.2 Å². The third-order valence-corrected chi connectivity index (χ3v) is 6.19. The Morgan fingerprint density at radius 2 is 1.88 bits per heavy atom. The molecule has 1 unspecified atom stereocenters. The van der Waals surface area contributed by atoms with E-state index in [4.69, 9.17) is 0 Å². The Morgan fingerprint density at radius 3 is 2.50 bits per heavy atom. The van der Waals surface area contributed by atoms with E-state index in [1.807, 2.05) is 5.32 Å². The van der Waals surface area contributed by atoms with Gasteiger partial charge in [0.05, 0.1) is 12.1 Å². The Bertz CT molecular complexity index is 1200. The quantitative estimate of drug-likeness (QED) is 0.728. The second-order valence-corrected chi connectivity index (χ2v) is 9.59. The lowest BCUT2D eigenvalue weighted by molar-refractivity contribution is -0.190. The van der Waals surface area contributed by atoms with Crippen molar-refractivity contribution >= 4 is 17.6 Å². The molecule has 1 aromatic heterocycles. The van der Waals surface area contributed by atoms with Crippen LogP contribution in [0.4, 0.5) is 13.2 Å². The van der Waals surface area contributed by atoms with Gasteiger partial charge in [0, 0.05) is 30.1 Å². The first kappa shape index (κ1) is 23.7. The van der Waals surface area contributed by atoms with Crippen molar-refractivity contribution in [3.05, 3.63) is 76.8 Å². The van der Waals surface area contributed by atoms with Gasteiger partial charge in [0.1, 0.15) is 0 Å². The Balaban J connectivity index is 1.88. The van der Waals surface area contributed by atoms with Crippen LogP contribution in [0.3, 0.4) is 0 Å². The molecule has 6 nitrogen and oxygen atoms in total. The lowest BCUT2D eigenvalue weighted by atomic mass is 9.72. The molecule has 2 aliphatic rings. The summed E-state index contributed by atoms with van der Waals surface area (Å²) in [6.45, 7) is 5.02. The number of alkyl halides is 3. The third-order valence-electron chi connectivity index (χ3n) is 6.19. The number of benzene rings is 1. The van der Waals surface area contributed by atoms with Gasteiger partial charge in [-0.2, -0.15) is 13.2 Å². The first-order valence-corrected chi connectivity index (χ1v) is 10.8. The van der Waals surface area contributed by atoms with E-state index in [1.54, 1.807) is 39.0 Å². The van der Waals surface area contributed by atoms with Gasteiger partial charge in [-0.3, -0.25) is 19.4 Å². The van der Waals surface area contributed by atoms with Crippen molar-refractivity contribution in [3.63, 3.8) is 0 Å².